The van der Waals surface area contributed by atoms with E-state index in [1.807, 2.05) is 46.1 Å². The zero-order chi connectivity index (χ0) is 98.3. The third-order valence-electron chi connectivity index (χ3n) is 31.3. The van der Waals surface area contributed by atoms with Crippen LogP contribution in [0.1, 0.15) is 0 Å². The van der Waals surface area contributed by atoms with E-state index in [0.29, 0.717) is 0 Å². The predicted octanol–water partition coefficient (Wildman–Crippen LogP) is 43.2. The highest BCUT2D eigenvalue weighted by Gasteiger charge is 2.28. The van der Waals surface area contributed by atoms with E-state index < -0.39 is 0 Å². The highest BCUT2D eigenvalue weighted by Crippen LogP contribution is 2.55. The zero-order valence-electron chi connectivity index (χ0n) is 80.9. The van der Waals surface area contributed by atoms with Crippen molar-refractivity contribution in [3.05, 3.63) is 510 Å². The van der Waals surface area contributed by atoms with Crippen LogP contribution in [0, 0.1) is 0 Å². The SMILES string of the molecule is c1ccc(-c2c3ccccc3c(-c3cccc(-c4cc5oc6cc7sc8ccccc8c7cc6c5c5ccccc45)c3)c3ccccc23)cc1.c1ccc(-c2c3ccccc3c(-c3cccc(-c4cc5sc6cc7c(cc6c5c5ccccc45)oc4ccccc47)c3)c3ccccc23)cc1.c1ccc(-c2c3ccccc3c(-c3cccc(-c4cc5sc6ccc7oc8ccccc8c7c6c5c5ccccc45)c3)c3ccccc23)cc1. The molecule has 0 aliphatic heterocycles. The second-order valence-corrected chi connectivity index (χ2v) is 42.7. The quantitative estimate of drug-likeness (QED) is 0.135. The Hall–Kier alpha value is -18.7. The van der Waals surface area contributed by atoms with Crippen LogP contribution in [0.5, 0.6) is 0 Å². The van der Waals surface area contributed by atoms with Crippen LogP contribution < -0.4 is 0 Å². The molecule has 0 unspecified atom stereocenters. The van der Waals surface area contributed by atoms with Gasteiger partial charge in [0.25, 0.3) is 0 Å². The summed E-state index contributed by atoms with van der Waals surface area (Å²) in [5.74, 6) is 0. The first kappa shape index (κ1) is 85.7. The highest BCUT2D eigenvalue weighted by molar-refractivity contribution is 7.27. The van der Waals surface area contributed by atoms with E-state index in [0.717, 1.165) is 33.5 Å². The molecule has 0 spiro atoms. The number of fused-ring (bicyclic) bond motifs is 31. The largest absolute Gasteiger partial charge is 0.456 e. The van der Waals surface area contributed by atoms with Gasteiger partial charge >= 0.3 is 0 Å². The average Bonchev–Trinajstić information content (AvgIpc) is 1.11. The van der Waals surface area contributed by atoms with Gasteiger partial charge < -0.3 is 13.3 Å². The van der Waals surface area contributed by atoms with E-state index in [-0.39, 0.29) is 0 Å². The van der Waals surface area contributed by atoms with Crippen LogP contribution in [0.2, 0.25) is 0 Å². The molecule has 0 fully saturated rings. The van der Waals surface area contributed by atoms with Crippen molar-refractivity contribution in [3.63, 3.8) is 0 Å². The Morgan fingerprint density at radius 2 is 0.413 bits per heavy atom. The number of para-hydroxylation sites is 2. The molecule has 0 aliphatic carbocycles. The molecular weight excluding hydrogens is 1870 g/mol. The van der Waals surface area contributed by atoms with E-state index in [4.69, 9.17) is 13.3 Å². The van der Waals surface area contributed by atoms with E-state index >= 15 is 0 Å². The molecule has 33 aromatic rings. The highest BCUT2D eigenvalue weighted by atomic mass is 32.1. The molecule has 150 heavy (non-hydrogen) atoms. The maximum Gasteiger partial charge on any atom is 0.136 e. The minimum Gasteiger partial charge on any atom is -0.456 e. The Bertz CT molecular complexity index is 11100. The van der Waals surface area contributed by atoms with Gasteiger partial charge in [0.2, 0.25) is 0 Å². The van der Waals surface area contributed by atoms with Gasteiger partial charge in [0, 0.05) is 92.8 Å². The van der Waals surface area contributed by atoms with Crippen LogP contribution in [0.25, 0.3) is 323 Å². The lowest BCUT2D eigenvalue weighted by Gasteiger charge is -2.18. The molecule has 0 N–H and O–H groups in total. The predicted molar refractivity (Wildman–Crippen MR) is 646 cm³/mol. The van der Waals surface area contributed by atoms with Crippen LogP contribution in [0.15, 0.2) is 523 Å². The fraction of sp³-hybridized carbons (Fsp3) is 0. The van der Waals surface area contributed by atoms with Crippen molar-refractivity contribution in [1.29, 1.82) is 0 Å². The van der Waals surface area contributed by atoms with Gasteiger partial charge in [-0.25, -0.2) is 0 Å². The van der Waals surface area contributed by atoms with Crippen LogP contribution >= 0.6 is 34.0 Å². The first-order valence-corrected chi connectivity index (χ1v) is 53.7. The van der Waals surface area contributed by atoms with Gasteiger partial charge in [0.1, 0.15) is 33.5 Å². The topological polar surface area (TPSA) is 39.4 Å². The lowest BCUT2D eigenvalue weighted by atomic mass is 9.85. The summed E-state index contributed by atoms with van der Waals surface area (Å²) in [7, 11) is 0. The van der Waals surface area contributed by atoms with Gasteiger partial charge in [-0.05, 0) is 288 Å². The van der Waals surface area contributed by atoms with Crippen molar-refractivity contribution < 1.29 is 13.3 Å². The summed E-state index contributed by atoms with van der Waals surface area (Å²) >= 11 is 5.58. The summed E-state index contributed by atoms with van der Waals surface area (Å²) in [5, 5.41) is 37.5. The minimum absolute atomic E-state index is 0.921. The number of hydrogen-bond donors (Lipinski definition) is 0. The number of thiophene rings is 3. The Kier molecular flexibility index (Phi) is 19.7. The summed E-state index contributed by atoms with van der Waals surface area (Å²) < 4.78 is 27.1. The van der Waals surface area contributed by atoms with Gasteiger partial charge in [0.05, 0.1) is 0 Å². The summed E-state index contributed by atoms with van der Waals surface area (Å²) in [5.41, 5.74) is 28.0. The maximum absolute atomic E-state index is 6.72. The molecular formula is C144H84O3S3. The summed E-state index contributed by atoms with van der Waals surface area (Å²) in [6.45, 7) is 0. The molecule has 696 valence electrons. The summed E-state index contributed by atoms with van der Waals surface area (Å²) in [6, 6.07) is 186. The number of hydrogen-bond acceptors (Lipinski definition) is 6. The molecule has 6 heterocycles. The van der Waals surface area contributed by atoms with Gasteiger partial charge in [0.15, 0.2) is 0 Å². The van der Waals surface area contributed by atoms with Crippen molar-refractivity contribution >= 4 is 257 Å². The molecule has 0 saturated carbocycles. The number of rotatable bonds is 9. The van der Waals surface area contributed by atoms with Gasteiger partial charge in [-0.1, -0.05) is 419 Å². The van der Waals surface area contributed by atoms with Gasteiger partial charge in [-0.3, -0.25) is 0 Å². The van der Waals surface area contributed by atoms with Crippen molar-refractivity contribution in [2.45, 2.75) is 0 Å². The standard InChI is InChI=1S/3C48H28OS/c1-2-13-29(14-3-1)46-35-20-6-8-22-37(35)47(38-23-9-7-21-36(38)46)31-16-12-15-30(25-31)39-27-45-48(34-19-5-4-17-32(34)39)41-26-43-40(28-44(41)50-45)33-18-10-11-24-42(33)49-43;1-2-13-29(14-3-1)46-35-20-6-8-22-37(35)47(38-23-9-7-21-36(38)46)31-16-12-15-30(25-31)39-27-43-48(34-19-5-4-17-32(34)39)41-26-40-33-18-10-11-24-44(33)50-45(40)28-42(41)49-43;1-2-13-29(14-3-1)44-34-19-6-8-21-36(34)45(37-22-9-7-20-35(37)44)31-16-12-15-30(27-31)39-28-43-47(33-18-5-4-17-32(33)39)48-42(50-43)26-25-41-46(48)38-23-10-11-24-40(38)49-41/h3*1-28H. The lowest BCUT2D eigenvalue weighted by molar-refractivity contribution is 0.669. The molecule has 6 heteroatoms. The Labute approximate surface area is 873 Å². The fourth-order valence-electron chi connectivity index (χ4n) is 25.0. The molecule has 0 aliphatic rings. The molecule has 27 aromatic carbocycles. The number of benzene rings is 27. The smallest absolute Gasteiger partial charge is 0.136 e. The molecule has 0 atom stereocenters. The third-order valence-corrected chi connectivity index (χ3v) is 34.6. The van der Waals surface area contributed by atoms with E-state index in [1.165, 1.54) is 290 Å². The summed E-state index contributed by atoms with van der Waals surface area (Å²) in [4.78, 5) is 0. The van der Waals surface area contributed by atoms with Crippen molar-refractivity contribution in [2.24, 2.45) is 0 Å². The number of furan rings is 3. The molecule has 0 saturated heterocycles. The molecule has 0 bridgehead atoms. The molecule has 33 rings (SSSR count). The second kappa shape index (κ2) is 34.5. The Morgan fingerprint density at radius 1 is 0.107 bits per heavy atom. The molecule has 0 amide bonds. The van der Waals surface area contributed by atoms with Crippen LogP contribution in [-0.4, -0.2) is 0 Å². The first-order chi connectivity index (χ1) is 74.4. The van der Waals surface area contributed by atoms with E-state index in [2.05, 4.69) is 497 Å². The van der Waals surface area contributed by atoms with E-state index in [1.54, 1.807) is 0 Å². The Balaban J connectivity index is 0.000000101. The zero-order valence-corrected chi connectivity index (χ0v) is 83.4. The van der Waals surface area contributed by atoms with Crippen LogP contribution in [0.3, 0.4) is 0 Å². The monoisotopic (exact) mass is 1960 g/mol. The second-order valence-electron chi connectivity index (χ2n) is 39.5. The van der Waals surface area contributed by atoms with Gasteiger partial charge in [-0.2, -0.15) is 0 Å². The minimum atomic E-state index is 0.921. The van der Waals surface area contributed by atoms with Crippen molar-refractivity contribution in [1.82, 2.24) is 0 Å². The van der Waals surface area contributed by atoms with E-state index in [9.17, 15) is 0 Å². The molecule has 0 radical (unpaired) electrons. The summed E-state index contributed by atoms with van der Waals surface area (Å²) in [6.07, 6.45) is 0. The maximum atomic E-state index is 6.72. The van der Waals surface area contributed by atoms with Gasteiger partial charge in [-0.15, -0.1) is 34.0 Å². The van der Waals surface area contributed by atoms with Crippen LogP contribution in [-0.2, 0) is 0 Å². The molecule has 6 aromatic heterocycles. The van der Waals surface area contributed by atoms with Crippen molar-refractivity contribution in [3.8, 4) is 100 Å². The lowest BCUT2D eigenvalue weighted by Crippen LogP contribution is -1.91. The van der Waals surface area contributed by atoms with Crippen LogP contribution in [0.4, 0.5) is 0 Å². The normalized spacial score (nSPS) is 12.0. The first-order valence-electron chi connectivity index (χ1n) is 51.3. The average molecular weight is 1960 g/mol. The van der Waals surface area contributed by atoms with Crippen molar-refractivity contribution in [2.75, 3.05) is 0 Å². The Morgan fingerprint density at radius 3 is 0.867 bits per heavy atom. The third kappa shape index (κ3) is 13.6. The molecule has 3 nitrogen and oxygen atoms in total. The fourth-order valence-corrected chi connectivity index (χ4v) is 28.4.